The predicted octanol–water partition coefficient (Wildman–Crippen LogP) is 5.93. The molecule has 6 rings (SSSR count). The molecule has 1 N–H and O–H groups in total. The molecule has 2 aromatic carbocycles. The molecule has 7 heteroatoms. The van der Waals surface area contributed by atoms with Crippen molar-refractivity contribution in [1.82, 2.24) is 14.8 Å². The SMILES string of the molecule is CSc1ccc([C@H]2Oc3ccc(C)cc3C3=C2[C@@H](c2cccs2)n2ncnc2N3)cc1. The minimum Gasteiger partial charge on any atom is -0.480 e. The maximum absolute atomic E-state index is 6.67. The summed E-state index contributed by atoms with van der Waals surface area (Å²) in [4.78, 5) is 6.94. The van der Waals surface area contributed by atoms with Crippen molar-refractivity contribution in [3.63, 3.8) is 0 Å². The van der Waals surface area contributed by atoms with Crippen molar-refractivity contribution < 1.29 is 4.74 Å². The van der Waals surface area contributed by atoms with Crippen LogP contribution in [0.1, 0.15) is 33.7 Å². The van der Waals surface area contributed by atoms with E-state index in [0.717, 1.165) is 34.1 Å². The molecule has 0 aliphatic carbocycles. The Hall–Kier alpha value is -3.03. The van der Waals surface area contributed by atoms with Gasteiger partial charge in [-0.05, 0) is 54.5 Å². The predicted molar refractivity (Wildman–Crippen MR) is 126 cm³/mol. The number of benzene rings is 2. The van der Waals surface area contributed by atoms with Crippen LogP contribution in [0.15, 0.2) is 76.8 Å². The molecule has 4 aromatic rings. The third-order valence-electron chi connectivity index (χ3n) is 5.80. The van der Waals surface area contributed by atoms with Crippen LogP contribution in [0.25, 0.3) is 5.70 Å². The maximum atomic E-state index is 6.67. The molecule has 0 saturated carbocycles. The van der Waals surface area contributed by atoms with E-state index in [2.05, 4.69) is 88.6 Å². The quantitative estimate of drug-likeness (QED) is 0.397. The summed E-state index contributed by atoms with van der Waals surface area (Å²) in [5.41, 5.74) is 5.63. The zero-order valence-corrected chi connectivity index (χ0v) is 18.7. The number of anilines is 1. The second kappa shape index (κ2) is 7.28. The van der Waals surface area contributed by atoms with Crippen molar-refractivity contribution in [1.29, 1.82) is 0 Å². The third kappa shape index (κ3) is 2.99. The molecule has 2 aromatic heterocycles. The Morgan fingerprint density at radius 1 is 1.13 bits per heavy atom. The molecule has 2 atom stereocenters. The summed E-state index contributed by atoms with van der Waals surface area (Å²) in [6, 6.07) is 19.2. The summed E-state index contributed by atoms with van der Waals surface area (Å²) in [6.07, 6.45) is 3.48. The molecule has 2 aliphatic heterocycles. The Labute approximate surface area is 188 Å². The van der Waals surface area contributed by atoms with E-state index < -0.39 is 0 Å². The Morgan fingerprint density at radius 2 is 2.00 bits per heavy atom. The Kier molecular flexibility index (Phi) is 4.40. The summed E-state index contributed by atoms with van der Waals surface area (Å²) in [5, 5.41) is 10.2. The van der Waals surface area contributed by atoms with E-state index in [-0.39, 0.29) is 12.1 Å². The first kappa shape index (κ1) is 18.7. The molecule has 0 amide bonds. The van der Waals surface area contributed by atoms with Gasteiger partial charge in [0.25, 0.3) is 0 Å². The van der Waals surface area contributed by atoms with Crippen molar-refractivity contribution in [2.75, 3.05) is 11.6 Å². The van der Waals surface area contributed by atoms with Crippen LogP contribution in [0.3, 0.4) is 0 Å². The van der Waals surface area contributed by atoms with Gasteiger partial charge in [-0.2, -0.15) is 10.1 Å². The number of hydrogen-bond acceptors (Lipinski definition) is 6. The normalized spacial score (nSPS) is 19.2. The summed E-state index contributed by atoms with van der Waals surface area (Å²) >= 11 is 3.47. The molecular formula is C24H20N4OS2. The molecule has 5 nitrogen and oxygen atoms in total. The average Bonchev–Trinajstić information content (AvgIpc) is 3.49. The molecule has 0 saturated heterocycles. The van der Waals surface area contributed by atoms with Gasteiger partial charge in [-0.15, -0.1) is 23.1 Å². The van der Waals surface area contributed by atoms with E-state index >= 15 is 0 Å². The Morgan fingerprint density at radius 3 is 2.77 bits per heavy atom. The summed E-state index contributed by atoms with van der Waals surface area (Å²) < 4.78 is 8.64. The molecule has 4 heterocycles. The molecule has 0 fully saturated rings. The fourth-order valence-electron chi connectivity index (χ4n) is 4.36. The number of aryl methyl sites for hydroxylation is 1. The standard InChI is InChI=1S/C24H20N4OS2/c1-14-5-10-18-17(12-14)21-20(23(29-18)15-6-8-16(30-2)9-7-15)22(19-4-3-11-31-19)28-24(27-21)25-13-26-28/h3-13,22-23H,1-2H3,(H,25,26,27)/t22-,23-/m1/s1. The smallest absolute Gasteiger partial charge is 0.226 e. The minimum atomic E-state index is -0.224. The van der Waals surface area contributed by atoms with E-state index in [1.165, 1.54) is 15.3 Å². The van der Waals surface area contributed by atoms with E-state index in [0.29, 0.717) is 0 Å². The molecule has 0 spiro atoms. The highest BCUT2D eigenvalue weighted by Crippen LogP contribution is 2.51. The van der Waals surface area contributed by atoms with Crippen molar-refractivity contribution in [3.05, 3.63) is 93.4 Å². The van der Waals surface area contributed by atoms with E-state index in [4.69, 9.17) is 4.74 Å². The van der Waals surface area contributed by atoms with Gasteiger partial charge in [-0.1, -0.05) is 29.8 Å². The number of fused-ring (bicyclic) bond motifs is 3. The first-order valence-electron chi connectivity index (χ1n) is 10.1. The molecular weight excluding hydrogens is 424 g/mol. The molecule has 0 unspecified atom stereocenters. The number of aromatic nitrogens is 3. The van der Waals surface area contributed by atoms with Crippen molar-refractivity contribution >= 4 is 34.7 Å². The van der Waals surface area contributed by atoms with Crippen LogP contribution in [-0.2, 0) is 0 Å². The fraction of sp³-hybridized carbons (Fsp3) is 0.167. The number of hydrogen-bond donors (Lipinski definition) is 1. The zero-order chi connectivity index (χ0) is 20.9. The third-order valence-corrected chi connectivity index (χ3v) is 7.47. The van der Waals surface area contributed by atoms with Crippen LogP contribution in [0.2, 0.25) is 0 Å². The number of nitrogens with zero attached hydrogens (tertiary/aromatic N) is 3. The van der Waals surface area contributed by atoms with Gasteiger partial charge < -0.3 is 10.1 Å². The van der Waals surface area contributed by atoms with Crippen LogP contribution in [0.5, 0.6) is 5.75 Å². The number of thiophene rings is 1. The fourth-order valence-corrected chi connectivity index (χ4v) is 5.59. The van der Waals surface area contributed by atoms with Gasteiger partial charge in [0.1, 0.15) is 24.2 Å². The average molecular weight is 445 g/mol. The lowest BCUT2D eigenvalue weighted by Gasteiger charge is -2.38. The second-order valence-electron chi connectivity index (χ2n) is 7.67. The van der Waals surface area contributed by atoms with Crippen molar-refractivity contribution in [2.45, 2.75) is 24.0 Å². The summed E-state index contributed by atoms with van der Waals surface area (Å²) in [6.45, 7) is 2.11. The monoisotopic (exact) mass is 444 g/mol. The lowest BCUT2D eigenvalue weighted by atomic mass is 9.86. The number of nitrogens with one attached hydrogen (secondary N) is 1. The highest BCUT2D eigenvalue weighted by atomic mass is 32.2. The number of thioether (sulfide) groups is 1. The molecule has 154 valence electrons. The lowest BCUT2D eigenvalue weighted by molar-refractivity contribution is 0.223. The Bertz CT molecular complexity index is 1290. The van der Waals surface area contributed by atoms with Gasteiger partial charge in [0.2, 0.25) is 5.95 Å². The van der Waals surface area contributed by atoms with Crippen LogP contribution >= 0.6 is 23.1 Å². The van der Waals surface area contributed by atoms with Crippen LogP contribution in [-0.4, -0.2) is 21.0 Å². The van der Waals surface area contributed by atoms with E-state index in [1.54, 1.807) is 29.4 Å². The van der Waals surface area contributed by atoms with Crippen molar-refractivity contribution in [3.8, 4) is 5.75 Å². The Balaban J connectivity index is 1.61. The lowest BCUT2D eigenvalue weighted by Crippen LogP contribution is -2.32. The minimum absolute atomic E-state index is 0.0763. The largest absolute Gasteiger partial charge is 0.480 e. The first-order valence-corrected chi connectivity index (χ1v) is 12.2. The van der Waals surface area contributed by atoms with Gasteiger partial charge in [-0.3, -0.25) is 0 Å². The van der Waals surface area contributed by atoms with E-state index in [9.17, 15) is 0 Å². The van der Waals surface area contributed by atoms with Crippen LogP contribution in [0, 0.1) is 6.92 Å². The molecule has 2 aliphatic rings. The summed E-state index contributed by atoms with van der Waals surface area (Å²) in [5.74, 6) is 1.64. The zero-order valence-electron chi connectivity index (χ0n) is 17.1. The molecule has 31 heavy (non-hydrogen) atoms. The molecule has 0 radical (unpaired) electrons. The van der Waals surface area contributed by atoms with Gasteiger partial charge in [0, 0.05) is 20.9 Å². The first-order chi connectivity index (χ1) is 15.2. The van der Waals surface area contributed by atoms with Crippen molar-refractivity contribution in [2.24, 2.45) is 0 Å². The summed E-state index contributed by atoms with van der Waals surface area (Å²) in [7, 11) is 0. The van der Waals surface area contributed by atoms with Gasteiger partial charge in [-0.25, -0.2) is 4.68 Å². The van der Waals surface area contributed by atoms with Gasteiger partial charge in [0.05, 0.1) is 5.70 Å². The van der Waals surface area contributed by atoms with E-state index in [1.807, 2.05) is 4.68 Å². The van der Waals surface area contributed by atoms with Crippen LogP contribution < -0.4 is 10.1 Å². The topological polar surface area (TPSA) is 52.0 Å². The van der Waals surface area contributed by atoms with Crippen LogP contribution in [0.4, 0.5) is 5.95 Å². The number of rotatable bonds is 3. The van der Waals surface area contributed by atoms with Gasteiger partial charge >= 0.3 is 0 Å². The molecule has 0 bridgehead atoms. The highest BCUT2D eigenvalue weighted by Gasteiger charge is 2.41. The second-order valence-corrected chi connectivity index (χ2v) is 9.53. The number of ether oxygens (including phenoxy) is 1. The highest BCUT2D eigenvalue weighted by molar-refractivity contribution is 7.98. The van der Waals surface area contributed by atoms with Gasteiger partial charge in [0.15, 0.2) is 0 Å². The maximum Gasteiger partial charge on any atom is 0.226 e.